The van der Waals surface area contributed by atoms with E-state index in [1.807, 2.05) is 56.3 Å². The van der Waals surface area contributed by atoms with Crippen molar-refractivity contribution in [1.29, 1.82) is 0 Å². The number of rotatable bonds is 3. The number of methoxy groups -OCH3 is 2. The van der Waals surface area contributed by atoms with Gasteiger partial charge >= 0.3 is 12.2 Å². The highest BCUT2D eigenvalue weighted by molar-refractivity contribution is 5.75. The lowest BCUT2D eigenvalue weighted by molar-refractivity contribution is -0.166. The van der Waals surface area contributed by atoms with E-state index in [2.05, 4.69) is 51.5 Å². The Morgan fingerprint density at radius 1 is 0.613 bits per heavy atom. The first-order valence-corrected chi connectivity index (χ1v) is 21.1. The minimum atomic E-state index is -0.824. The fraction of sp³-hybridized carbons (Fsp3) is 0.449. The zero-order valence-electron chi connectivity index (χ0n) is 37.3. The Morgan fingerprint density at radius 2 is 1.15 bits per heavy atom. The number of nitrogens with zero attached hydrogens (tertiary/aromatic N) is 2. The van der Waals surface area contributed by atoms with Crippen LogP contribution in [0.15, 0.2) is 60.7 Å². The molecule has 4 aromatic rings. The first-order valence-electron chi connectivity index (χ1n) is 21.1. The van der Waals surface area contributed by atoms with Crippen LogP contribution in [0, 0.1) is 20.8 Å². The summed E-state index contributed by atoms with van der Waals surface area (Å²) < 4.78 is 46.3. The van der Waals surface area contributed by atoms with E-state index in [9.17, 15) is 14.4 Å². The van der Waals surface area contributed by atoms with Gasteiger partial charge < -0.3 is 47.7 Å². The van der Waals surface area contributed by atoms with Crippen LogP contribution in [0.1, 0.15) is 86.4 Å². The molecule has 13 nitrogen and oxygen atoms in total. The fourth-order valence-corrected chi connectivity index (χ4v) is 9.66. The van der Waals surface area contributed by atoms with Crippen LogP contribution >= 0.6 is 0 Å². The van der Waals surface area contributed by atoms with Gasteiger partial charge in [-0.15, -0.1) is 0 Å². The summed E-state index contributed by atoms with van der Waals surface area (Å²) in [7, 11) is 2.98. The predicted octanol–water partition coefficient (Wildman–Crippen LogP) is 8.70. The van der Waals surface area contributed by atoms with Crippen molar-refractivity contribution in [3.8, 4) is 40.2 Å². The second-order valence-corrected chi connectivity index (χ2v) is 18.4. The molecule has 0 N–H and O–H groups in total. The van der Waals surface area contributed by atoms with Crippen molar-refractivity contribution >= 4 is 18.2 Å². The van der Waals surface area contributed by atoms with Gasteiger partial charge in [0.1, 0.15) is 53.5 Å². The Labute approximate surface area is 363 Å². The lowest BCUT2D eigenvalue weighted by Gasteiger charge is -2.51. The third-order valence-electron chi connectivity index (χ3n) is 12.9. The van der Waals surface area contributed by atoms with Crippen molar-refractivity contribution in [1.82, 2.24) is 9.80 Å². The lowest BCUT2D eigenvalue weighted by Crippen LogP contribution is -2.55. The standard InChI is InChI=1S/C31H40N2O6.C18H16O5/c1-19-13-26-22(15-24(19)36-8)29(4,5)17-31(38-26)18-30(6,7)23-16-25(20(2)14-27(23)39-31)37-28(35)33-11-9-32(10-12-33)21(3)34;1-11-3-5-15-13(7-11)18(9-21-15)10-22-16-6-4-12(8-14(16)18)23-17(19)20-2/h13-16H,9-12,17-18H2,1-8H3;3-8H,9-10H2,1-2H3. The van der Waals surface area contributed by atoms with Crippen LogP contribution in [-0.4, -0.2) is 87.4 Å². The molecule has 5 heterocycles. The van der Waals surface area contributed by atoms with Gasteiger partial charge in [-0.1, -0.05) is 45.4 Å². The summed E-state index contributed by atoms with van der Waals surface area (Å²) in [6.45, 7) is 19.3. The molecule has 9 rings (SSSR count). The Balaban J connectivity index is 0.000000194. The van der Waals surface area contributed by atoms with E-state index in [0.717, 1.165) is 62.1 Å². The topological polar surface area (TPSA) is 132 Å². The molecule has 2 amide bonds. The second kappa shape index (κ2) is 15.7. The molecule has 4 aromatic carbocycles. The Bertz CT molecular complexity index is 2450. The van der Waals surface area contributed by atoms with E-state index in [0.29, 0.717) is 63.7 Å². The number of piperazine rings is 1. The number of amides is 2. The average Bonchev–Trinajstić information content (AvgIpc) is 3.77. The van der Waals surface area contributed by atoms with Crippen LogP contribution in [0.2, 0.25) is 0 Å². The van der Waals surface area contributed by atoms with Crippen LogP contribution in [0.3, 0.4) is 0 Å². The van der Waals surface area contributed by atoms with Crippen molar-refractivity contribution in [3.63, 3.8) is 0 Å². The molecule has 5 aliphatic rings. The number of hydrogen-bond acceptors (Lipinski definition) is 11. The smallest absolute Gasteiger partial charge is 0.496 e. The summed E-state index contributed by atoms with van der Waals surface area (Å²) in [4.78, 5) is 39.3. The number of benzene rings is 4. The molecule has 2 atom stereocenters. The van der Waals surface area contributed by atoms with E-state index in [1.54, 1.807) is 29.9 Å². The van der Waals surface area contributed by atoms with Crippen molar-refractivity contribution in [3.05, 3.63) is 99.6 Å². The lowest BCUT2D eigenvalue weighted by atomic mass is 9.69. The number of carbonyl (C=O) groups excluding carboxylic acids is 3. The minimum absolute atomic E-state index is 0.0252. The molecule has 0 radical (unpaired) electrons. The van der Waals surface area contributed by atoms with Crippen LogP contribution in [-0.2, 0) is 25.8 Å². The highest BCUT2D eigenvalue weighted by Gasteiger charge is 2.54. The number of aryl methyl sites for hydroxylation is 3. The van der Waals surface area contributed by atoms with Crippen LogP contribution in [0.5, 0.6) is 40.2 Å². The van der Waals surface area contributed by atoms with E-state index in [1.165, 1.54) is 12.7 Å². The molecule has 2 spiro atoms. The second-order valence-electron chi connectivity index (χ2n) is 18.4. The zero-order valence-corrected chi connectivity index (χ0v) is 37.3. The van der Waals surface area contributed by atoms with Crippen LogP contribution in [0.4, 0.5) is 9.59 Å². The van der Waals surface area contributed by atoms with Crippen molar-refractivity contribution < 1.29 is 52.3 Å². The third-order valence-corrected chi connectivity index (χ3v) is 12.9. The van der Waals surface area contributed by atoms with Gasteiger partial charge in [0.05, 0.1) is 19.6 Å². The molecule has 0 aromatic heterocycles. The van der Waals surface area contributed by atoms with Gasteiger partial charge in [0.2, 0.25) is 5.91 Å². The quantitative estimate of drug-likeness (QED) is 0.145. The highest BCUT2D eigenvalue weighted by Crippen LogP contribution is 2.55. The summed E-state index contributed by atoms with van der Waals surface area (Å²) in [5, 5.41) is 0. The van der Waals surface area contributed by atoms with Crippen molar-refractivity contribution in [2.45, 2.75) is 90.3 Å². The van der Waals surface area contributed by atoms with Gasteiger partial charge in [-0.05, 0) is 80.4 Å². The summed E-state index contributed by atoms with van der Waals surface area (Å²) in [6, 6.07) is 19.5. The molecule has 0 aliphatic carbocycles. The van der Waals surface area contributed by atoms with E-state index in [4.69, 9.17) is 33.2 Å². The Kier molecular flexibility index (Phi) is 10.8. The zero-order chi connectivity index (χ0) is 44.4. The highest BCUT2D eigenvalue weighted by atomic mass is 16.7. The fourth-order valence-electron chi connectivity index (χ4n) is 9.66. The summed E-state index contributed by atoms with van der Waals surface area (Å²) in [5.74, 6) is 4.27. The van der Waals surface area contributed by atoms with Crippen molar-refractivity contribution in [2.75, 3.05) is 53.6 Å². The molecule has 62 heavy (non-hydrogen) atoms. The molecule has 1 fully saturated rings. The largest absolute Gasteiger partial charge is 0.513 e. The van der Waals surface area contributed by atoms with Gasteiger partial charge in [0, 0.05) is 79.0 Å². The van der Waals surface area contributed by atoms with E-state index < -0.39 is 18.0 Å². The van der Waals surface area contributed by atoms with E-state index in [-0.39, 0.29) is 22.2 Å². The molecular weight excluding hydrogens is 793 g/mol. The SMILES string of the molecule is COC(=O)Oc1ccc2c(c1)C1(COc3ccc(C)cc31)CO2.COc1cc2c(cc1C)OC1(CC2(C)C)CC(C)(C)c2cc(OC(=O)N3CCN(C(C)=O)CC3)c(C)cc2O1. The normalized spacial score (nSPS) is 21.9. The van der Waals surface area contributed by atoms with Gasteiger partial charge in [0.15, 0.2) is 0 Å². The average molecular weight is 849 g/mol. The molecule has 2 unspecified atom stereocenters. The van der Waals surface area contributed by atoms with Crippen molar-refractivity contribution in [2.24, 2.45) is 0 Å². The van der Waals surface area contributed by atoms with Crippen LogP contribution in [0.25, 0.3) is 0 Å². The molecule has 0 bridgehead atoms. The first-order chi connectivity index (χ1) is 29.4. The number of carbonyl (C=O) groups is 3. The van der Waals surface area contributed by atoms with Gasteiger partial charge in [0.25, 0.3) is 5.79 Å². The maximum absolute atomic E-state index is 13.0. The first kappa shape index (κ1) is 42.6. The minimum Gasteiger partial charge on any atom is -0.496 e. The number of hydrogen-bond donors (Lipinski definition) is 0. The maximum atomic E-state index is 13.0. The Morgan fingerprint density at radius 3 is 1.71 bits per heavy atom. The summed E-state index contributed by atoms with van der Waals surface area (Å²) >= 11 is 0. The number of ether oxygens (including phenoxy) is 8. The van der Waals surface area contributed by atoms with Gasteiger partial charge in [-0.3, -0.25) is 4.79 Å². The predicted molar refractivity (Wildman–Crippen MR) is 230 cm³/mol. The molecule has 328 valence electrons. The molecule has 0 saturated carbocycles. The van der Waals surface area contributed by atoms with Gasteiger partial charge in [-0.2, -0.15) is 0 Å². The van der Waals surface area contributed by atoms with Gasteiger partial charge in [-0.25, -0.2) is 9.59 Å². The Hall–Kier alpha value is -6.11. The molecule has 13 heteroatoms. The third kappa shape index (κ3) is 7.70. The molecular formula is C49H56N2O11. The van der Waals surface area contributed by atoms with E-state index >= 15 is 0 Å². The molecule has 5 aliphatic heterocycles. The monoisotopic (exact) mass is 848 g/mol. The van der Waals surface area contributed by atoms with Crippen LogP contribution < -0.4 is 33.2 Å². The number of fused-ring (bicyclic) bond motifs is 6. The summed E-state index contributed by atoms with van der Waals surface area (Å²) in [6.07, 6.45) is 0.193. The summed E-state index contributed by atoms with van der Waals surface area (Å²) in [5.41, 5.74) is 6.35. The molecule has 1 saturated heterocycles. The maximum Gasteiger partial charge on any atom is 0.513 e.